The Hall–Kier alpha value is -0.870. The number of thiazole rings is 1. The Morgan fingerprint density at radius 2 is 2.33 bits per heavy atom. The van der Waals surface area contributed by atoms with E-state index in [4.69, 9.17) is 5.73 Å². The number of fused-ring (bicyclic) bond motifs is 1. The molecule has 0 atom stereocenters. The smallest absolute Gasteiger partial charge is 0.127 e. The number of nitrogens with two attached hydrogens (primary N) is 1. The highest BCUT2D eigenvalue weighted by atomic mass is 32.1. The van der Waals surface area contributed by atoms with Gasteiger partial charge in [0.1, 0.15) is 10.7 Å². The molecule has 0 bridgehead atoms. The van der Waals surface area contributed by atoms with Gasteiger partial charge in [0.15, 0.2) is 0 Å². The summed E-state index contributed by atoms with van der Waals surface area (Å²) < 4.78 is 2.12. The molecule has 0 radical (unpaired) electrons. The molecule has 0 fully saturated rings. The van der Waals surface area contributed by atoms with Gasteiger partial charge in [-0.25, -0.2) is 4.98 Å². The van der Waals surface area contributed by atoms with Gasteiger partial charge in [-0.1, -0.05) is 0 Å². The van der Waals surface area contributed by atoms with Gasteiger partial charge < -0.3 is 5.73 Å². The quantitative estimate of drug-likeness (QED) is 0.724. The van der Waals surface area contributed by atoms with Crippen LogP contribution in [0.1, 0.15) is 16.4 Å². The van der Waals surface area contributed by atoms with Gasteiger partial charge in [0.2, 0.25) is 0 Å². The maximum absolute atomic E-state index is 5.56. The van der Waals surface area contributed by atoms with Gasteiger partial charge in [0, 0.05) is 10.6 Å². The molecule has 12 heavy (non-hydrogen) atoms. The average Bonchev–Trinajstić information content (AvgIpc) is 2.55. The van der Waals surface area contributed by atoms with E-state index in [1.807, 2.05) is 6.20 Å². The van der Waals surface area contributed by atoms with Crippen molar-refractivity contribution in [2.45, 2.75) is 20.4 Å². The van der Waals surface area contributed by atoms with E-state index in [0.717, 1.165) is 5.82 Å². The topological polar surface area (TPSA) is 43.3 Å². The summed E-state index contributed by atoms with van der Waals surface area (Å²) in [6, 6.07) is 0. The molecule has 2 N–H and O–H groups in total. The van der Waals surface area contributed by atoms with E-state index in [1.54, 1.807) is 11.3 Å². The van der Waals surface area contributed by atoms with Crippen LogP contribution in [0, 0.1) is 13.8 Å². The van der Waals surface area contributed by atoms with Crippen molar-refractivity contribution in [3.8, 4) is 0 Å². The summed E-state index contributed by atoms with van der Waals surface area (Å²) >= 11 is 1.76. The largest absolute Gasteiger partial charge is 0.324 e. The molecular weight excluding hydrogens is 170 g/mol. The molecule has 2 aromatic heterocycles. The third-order valence-electron chi connectivity index (χ3n) is 2.09. The van der Waals surface area contributed by atoms with Gasteiger partial charge in [-0.2, -0.15) is 0 Å². The van der Waals surface area contributed by atoms with Crippen LogP contribution in [0.4, 0.5) is 0 Å². The summed E-state index contributed by atoms with van der Waals surface area (Å²) in [5.74, 6) is 0.951. The fourth-order valence-corrected chi connectivity index (χ4v) is 2.33. The second-order valence-electron chi connectivity index (χ2n) is 2.80. The predicted octanol–water partition coefficient (Wildman–Crippen LogP) is 1.47. The van der Waals surface area contributed by atoms with Crippen molar-refractivity contribution in [3.63, 3.8) is 0 Å². The minimum Gasteiger partial charge on any atom is -0.324 e. The molecule has 2 rings (SSSR count). The first kappa shape index (κ1) is 7.76. The van der Waals surface area contributed by atoms with Gasteiger partial charge in [-0.05, 0) is 13.8 Å². The van der Waals surface area contributed by atoms with Crippen LogP contribution in [0.3, 0.4) is 0 Å². The molecule has 2 heterocycles. The fourth-order valence-electron chi connectivity index (χ4n) is 1.34. The number of hydrogen-bond acceptors (Lipinski definition) is 3. The van der Waals surface area contributed by atoms with Crippen molar-refractivity contribution in [2.24, 2.45) is 5.73 Å². The molecule has 0 aliphatic carbocycles. The Morgan fingerprint density at radius 3 is 3.00 bits per heavy atom. The third-order valence-corrected chi connectivity index (χ3v) is 3.19. The number of imidazole rings is 1. The molecule has 0 aliphatic rings. The van der Waals surface area contributed by atoms with Crippen molar-refractivity contribution >= 4 is 16.2 Å². The van der Waals surface area contributed by atoms with Crippen LogP contribution in [0.15, 0.2) is 6.20 Å². The summed E-state index contributed by atoms with van der Waals surface area (Å²) in [7, 11) is 0. The van der Waals surface area contributed by atoms with Crippen LogP contribution in [0.25, 0.3) is 4.83 Å². The molecule has 0 saturated carbocycles. The number of aryl methyl sites for hydroxylation is 2. The standard InChI is InChI=1S/C8H11N3S/c1-5-6(2)12-8-4-10-7(3-9)11(5)8/h4H,3,9H2,1-2H3. The van der Waals surface area contributed by atoms with Gasteiger partial charge >= 0.3 is 0 Å². The minimum absolute atomic E-state index is 0.505. The summed E-state index contributed by atoms with van der Waals surface area (Å²) in [6.07, 6.45) is 1.88. The molecule has 0 aliphatic heterocycles. The second-order valence-corrected chi connectivity index (χ2v) is 4.03. The van der Waals surface area contributed by atoms with Crippen LogP contribution in [0.5, 0.6) is 0 Å². The predicted molar refractivity (Wildman–Crippen MR) is 50.4 cm³/mol. The minimum atomic E-state index is 0.505. The van der Waals surface area contributed by atoms with E-state index in [2.05, 4.69) is 23.2 Å². The first-order valence-corrected chi connectivity index (χ1v) is 4.68. The number of aromatic nitrogens is 2. The van der Waals surface area contributed by atoms with Gasteiger partial charge in [-0.15, -0.1) is 11.3 Å². The van der Waals surface area contributed by atoms with E-state index < -0.39 is 0 Å². The van der Waals surface area contributed by atoms with E-state index in [0.29, 0.717) is 6.54 Å². The summed E-state index contributed by atoms with van der Waals surface area (Å²) in [6.45, 7) is 4.72. The summed E-state index contributed by atoms with van der Waals surface area (Å²) in [5.41, 5.74) is 6.82. The Labute approximate surface area is 74.8 Å². The Kier molecular flexibility index (Phi) is 1.66. The summed E-state index contributed by atoms with van der Waals surface area (Å²) in [4.78, 5) is 6.74. The zero-order valence-electron chi connectivity index (χ0n) is 7.16. The lowest BCUT2D eigenvalue weighted by Gasteiger charge is -1.95. The zero-order chi connectivity index (χ0) is 8.72. The number of hydrogen-bond donors (Lipinski definition) is 1. The van der Waals surface area contributed by atoms with Gasteiger partial charge in [0.05, 0.1) is 12.7 Å². The van der Waals surface area contributed by atoms with Crippen LogP contribution in [0.2, 0.25) is 0 Å². The maximum atomic E-state index is 5.56. The number of rotatable bonds is 1. The third kappa shape index (κ3) is 0.884. The first-order valence-electron chi connectivity index (χ1n) is 3.86. The first-order chi connectivity index (χ1) is 5.74. The van der Waals surface area contributed by atoms with Gasteiger partial charge in [-0.3, -0.25) is 4.40 Å². The fraction of sp³-hybridized carbons (Fsp3) is 0.375. The Bertz CT molecular complexity index is 413. The molecule has 64 valence electrons. The average molecular weight is 181 g/mol. The van der Waals surface area contributed by atoms with Crippen LogP contribution >= 0.6 is 11.3 Å². The summed E-state index contributed by atoms with van der Waals surface area (Å²) in [5, 5.41) is 0. The van der Waals surface area contributed by atoms with Crippen molar-refractivity contribution < 1.29 is 0 Å². The Morgan fingerprint density at radius 1 is 1.58 bits per heavy atom. The molecule has 0 spiro atoms. The lowest BCUT2D eigenvalue weighted by atomic mass is 10.4. The maximum Gasteiger partial charge on any atom is 0.127 e. The van der Waals surface area contributed by atoms with Crippen molar-refractivity contribution in [1.29, 1.82) is 0 Å². The van der Waals surface area contributed by atoms with Crippen molar-refractivity contribution in [3.05, 3.63) is 22.6 Å². The number of nitrogens with zero attached hydrogens (tertiary/aromatic N) is 2. The lowest BCUT2D eigenvalue weighted by molar-refractivity contribution is 0.887. The van der Waals surface area contributed by atoms with Gasteiger partial charge in [0.25, 0.3) is 0 Å². The molecule has 0 amide bonds. The van der Waals surface area contributed by atoms with E-state index >= 15 is 0 Å². The van der Waals surface area contributed by atoms with Crippen LogP contribution in [-0.4, -0.2) is 9.38 Å². The second kappa shape index (κ2) is 2.57. The molecular formula is C8H11N3S. The lowest BCUT2D eigenvalue weighted by Crippen LogP contribution is -2.03. The highest BCUT2D eigenvalue weighted by Gasteiger charge is 2.08. The molecule has 0 saturated heterocycles. The molecule has 3 nitrogen and oxygen atoms in total. The van der Waals surface area contributed by atoms with Crippen molar-refractivity contribution in [1.82, 2.24) is 9.38 Å². The highest BCUT2D eigenvalue weighted by molar-refractivity contribution is 7.17. The molecule has 0 unspecified atom stereocenters. The van der Waals surface area contributed by atoms with E-state index in [9.17, 15) is 0 Å². The molecule has 2 aromatic rings. The zero-order valence-corrected chi connectivity index (χ0v) is 7.98. The van der Waals surface area contributed by atoms with E-state index in [1.165, 1.54) is 15.4 Å². The normalized spacial score (nSPS) is 11.2. The Balaban J connectivity index is 2.82. The molecule has 0 aromatic carbocycles. The monoisotopic (exact) mass is 181 g/mol. The van der Waals surface area contributed by atoms with Crippen molar-refractivity contribution in [2.75, 3.05) is 0 Å². The molecule has 4 heteroatoms. The highest BCUT2D eigenvalue weighted by Crippen LogP contribution is 2.22. The van der Waals surface area contributed by atoms with E-state index in [-0.39, 0.29) is 0 Å². The van der Waals surface area contributed by atoms with Crippen LogP contribution in [-0.2, 0) is 6.54 Å². The SMILES string of the molecule is Cc1sc2cnc(CN)n2c1C. The van der Waals surface area contributed by atoms with Crippen LogP contribution < -0.4 is 5.73 Å².